The van der Waals surface area contributed by atoms with E-state index in [0.717, 1.165) is 5.56 Å². The zero-order valence-electron chi connectivity index (χ0n) is 10.7. The van der Waals surface area contributed by atoms with Crippen LogP contribution >= 0.6 is 15.9 Å². The summed E-state index contributed by atoms with van der Waals surface area (Å²) < 4.78 is 13.3. The largest absolute Gasteiger partial charge is 0.348 e. The van der Waals surface area contributed by atoms with E-state index in [1.54, 1.807) is 12.1 Å². The van der Waals surface area contributed by atoms with Crippen LogP contribution in [0.2, 0.25) is 0 Å². The summed E-state index contributed by atoms with van der Waals surface area (Å²) in [5, 5.41) is 13.2. The fourth-order valence-corrected chi connectivity index (χ4v) is 2.04. The number of nitrogens with zero attached hydrogens (tertiary/aromatic N) is 1. The van der Waals surface area contributed by atoms with Crippen LogP contribution in [0, 0.1) is 15.9 Å². The van der Waals surface area contributed by atoms with E-state index in [4.69, 9.17) is 0 Å². The molecule has 1 amide bonds. The number of carbonyl (C=O) groups is 1. The molecule has 0 aliphatic carbocycles. The van der Waals surface area contributed by atoms with Gasteiger partial charge in [-0.25, -0.2) is 4.39 Å². The number of amides is 1. The van der Waals surface area contributed by atoms with Crippen molar-refractivity contribution in [2.75, 3.05) is 0 Å². The van der Waals surface area contributed by atoms with Crippen LogP contribution in [-0.4, -0.2) is 10.8 Å². The number of benzene rings is 2. The maximum absolute atomic E-state index is 13.1. The maximum Gasteiger partial charge on any atom is 0.269 e. The molecule has 0 aliphatic rings. The van der Waals surface area contributed by atoms with Crippen molar-refractivity contribution in [3.05, 3.63) is 74.0 Å². The van der Waals surface area contributed by atoms with Crippen molar-refractivity contribution in [2.24, 2.45) is 0 Å². The van der Waals surface area contributed by atoms with E-state index in [1.165, 1.54) is 30.3 Å². The zero-order valence-corrected chi connectivity index (χ0v) is 12.3. The van der Waals surface area contributed by atoms with Crippen LogP contribution < -0.4 is 5.32 Å². The first-order chi connectivity index (χ1) is 9.97. The first-order valence-electron chi connectivity index (χ1n) is 5.94. The van der Waals surface area contributed by atoms with Crippen LogP contribution in [0.1, 0.15) is 15.9 Å². The van der Waals surface area contributed by atoms with Gasteiger partial charge in [-0.15, -0.1) is 0 Å². The standard InChI is InChI=1S/C14H10BrFN2O3/c15-12-7-10(3-6-13(12)16)14(19)17-8-9-1-4-11(5-2-9)18(20)21/h1-7H,8H2,(H,17,19). The lowest BCUT2D eigenvalue weighted by Crippen LogP contribution is -2.22. The molecule has 0 unspecified atom stereocenters. The lowest BCUT2D eigenvalue weighted by Gasteiger charge is -2.06. The van der Waals surface area contributed by atoms with Gasteiger partial charge in [-0.3, -0.25) is 14.9 Å². The molecule has 0 aromatic heterocycles. The van der Waals surface area contributed by atoms with Crippen LogP contribution in [0.3, 0.4) is 0 Å². The van der Waals surface area contributed by atoms with Gasteiger partial charge in [0.25, 0.3) is 11.6 Å². The minimum absolute atomic E-state index is 0.00691. The second-order valence-electron chi connectivity index (χ2n) is 4.24. The van der Waals surface area contributed by atoms with Crippen molar-refractivity contribution in [1.29, 1.82) is 0 Å². The average molecular weight is 353 g/mol. The number of nitro benzene ring substituents is 1. The lowest BCUT2D eigenvalue weighted by atomic mass is 10.2. The molecule has 0 fully saturated rings. The summed E-state index contributed by atoms with van der Waals surface area (Å²) in [4.78, 5) is 21.9. The third-order valence-corrected chi connectivity index (χ3v) is 3.39. The summed E-state index contributed by atoms with van der Waals surface area (Å²) in [5.74, 6) is -0.795. The first kappa shape index (κ1) is 15.1. The van der Waals surface area contributed by atoms with Crippen LogP contribution in [-0.2, 0) is 6.54 Å². The molecule has 0 atom stereocenters. The molecule has 2 aromatic rings. The molecule has 0 saturated heterocycles. The second kappa shape index (κ2) is 6.45. The third kappa shape index (κ3) is 3.85. The van der Waals surface area contributed by atoms with E-state index in [9.17, 15) is 19.3 Å². The number of nitrogens with one attached hydrogen (secondary N) is 1. The number of nitro groups is 1. The summed E-state index contributed by atoms with van der Waals surface area (Å²) in [6.07, 6.45) is 0. The van der Waals surface area contributed by atoms with Gasteiger partial charge in [-0.05, 0) is 39.7 Å². The van der Waals surface area contributed by atoms with Gasteiger partial charge in [0, 0.05) is 24.2 Å². The molecule has 108 valence electrons. The predicted molar refractivity (Wildman–Crippen MR) is 78.4 cm³/mol. The Morgan fingerprint density at radius 1 is 1.24 bits per heavy atom. The van der Waals surface area contributed by atoms with Crippen molar-refractivity contribution >= 4 is 27.5 Å². The predicted octanol–water partition coefficient (Wildman–Crippen LogP) is 3.43. The quantitative estimate of drug-likeness (QED) is 0.676. The summed E-state index contributed by atoms with van der Waals surface area (Å²) >= 11 is 3.01. The number of non-ortho nitro benzene ring substituents is 1. The Bertz CT molecular complexity index is 689. The van der Waals surface area contributed by atoms with Crippen molar-refractivity contribution in [3.8, 4) is 0 Å². The Hall–Kier alpha value is -2.28. The molecule has 0 saturated carbocycles. The Morgan fingerprint density at radius 3 is 2.48 bits per heavy atom. The normalized spacial score (nSPS) is 10.2. The molecule has 1 N–H and O–H groups in total. The number of hydrogen-bond acceptors (Lipinski definition) is 3. The molecule has 2 rings (SSSR count). The molecule has 0 radical (unpaired) electrons. The highest BCUT2D eigenvalue weighted by molar-refractivity contribution is 9.10. The van der Waals surface area contributed by atoms with Crippen LogP contribution in [0.15, 0.2) is 46.9 Å². The van der Waals surface area contributed by atoms with Gasteiger partial charge in [-0.2, -0.15) is 0 Å². The van der Waals surface area contributed by atoms with Crippen molar-refractivity contribution in [2.45, 2.75) is 6.54 Å². The van der Waals surface area contributed by atoms with E-state index in [0.29, 0.717) is 5.56 Å². The second-order valence-corrected chi connectivity index (χ2v) is 5.09. The number of hydrogen-bond donors (Lipinski definition) is 1. The van der Waals surface area contributed by atoms with Gasteiger partial charge in [0.1, 0.15) is 5.82 Å². The third-order valence-electron chi connectivity index (χ3n) is 2.78. The SMILES string of the molecule is O=C(NCc1ccc([N+](=O)[O-])cc1)c1ccc(F)c(Br)c1. The average Bonchev–Trinajstić information content (AvgIpc) is 2.48. The minimum atomic E-state index is -0.488. The van der Waals surface area contributed by atoms with E-state index in [2.05, 4.69) is 21.2 Å². The topological polar surface area (TPSA) is 72.2 Å². The van der Waals surface area contributed by atoms with E-state index < -0.39 is 10.7 Å². The molecule has 2 aromatic carbocycles. The highest BCUT2D eigenvalue weighted by Gasteiger charge is 2.09. The molecular formula is C14H10BrFN2O3. The smallest absolute Gasteiger partial charge is 0.269 e. The highest BCUT2D eigenvalue weighted by atomic mass is 79.9. The van der Waals surface area contributed by atoms with Crippen LogP contribution in [0.4, 0.5) is 10.1 Å². The van der Waals surface area contributed by atoms with E-state index >= 15 is 0 Å². The molecule has 5 nitrogen and oxygen atoms in total. The summed E-state index contributed by atoms with van der Waals surface area (Å²) in [6.45, 7) is 0.228. The molecule has 21 heavy (non-hydrogen) atoms. The van der Waals surface area contributed by atoms with Crippen molar-refractivity contribution in [1.82, 2.24) is 5.32 Å². The molecular weight excluding hydrogens is 343 g/mol. The number of rotatable bonds is 4. The monoisotopic (exact) mass is 352 g/mol. The fourth-order valence-electron chi connectivity index (χ4n) is 1.66. The van der Waals surface area contributed by atoms with Crippen LogP contribution in [0.5, 0.6) is 0 Å². The Morgan fingerprint density at radius 2 is 1.90 bits per heavy atom. The molecule has 0 aliphatic heterocycles. The van der Waals surface area contributed by atoms with Crippen LogP contribution in [0.25, 0.3) is 0 Å². The van der Waals surface area contributed by atoms with Gasteiger partial charge in [0.2, 0.25) is 0 Å². The van der Waals surface area contributed by atoms with Gasteiger partial charge in [0.15, 0.2) is 0 Å². The minimum Gasteiger partial charge on any atom is -0.348 e. The van der Waals surface area contributed by atoms with E-state index in [-0.39, 0.29) is 22.6 Å². The highest BCUT2D eigenvalue weighted by Crippen LogP contribution is 2.17. The summed E-state index contributed by atoms with van der Waals surface area (Å²) in [6, 6.07) is 9.85. The molecule has 0 spiro atoms. The van der Waals surface area contributed by atoms with E-state index in [1.807, 2.05) is 0 Å². The fraction of sp³-hybridized carbons (Fsp3) is 0.0714. The van der Waals surface area contributed by atoms with Gasteiger partial charge in [0.05, 0.1) is 9.40 Å². The van der Waals surface area contributed by atoms with Gasteiger partial charge < -0.3 is 5.32 Å². The van der Waals surface area contributed by atoms with Crippen molar-refractivity contribution in [3.63, 3.8) is 0 Å². The van der Waals surface area contributed by atoms with Crippen molar-refractivity contribution < 1.29 is 14.1 Å². The van der Waals surface area contributed by atoms with Gasteiger partial charge in [-0.1, -0.05) is 12.1 Å². The molecule has 7 heteroatoms. The lowest BCUT2D eigenvalue weighted by molar-refractivity contribution is -0.384. The Labute approximate surface area is 128 Å². The first-order valence-corrected chi connectivity index (χ1v) is 6.73. The summed E-state index contributed by atoms with van der Waals surface area (Å²) in [7, 11) is 0. The summed E-state index contributed by atoms with van der Waals surface area (Å²) in [5.41, 5.74) is 1.05. The Kier molecular flexibility index (Phi) is 4.64. The molecule has 0 bridgehead atoms. The maximum atomic E-state index is 13.1. The van der Waals surface area contributed by atoms with Gasteiger partial charge >= 0.3 is 0 Å². The number of halogens is 2. The molecule has 0 heterocycles. The Balaban J connectivity index is 2.00. The zero-order chi connectivity index (χ0) is 15.4. The number of carbonyl (C=O) groups excluding carboxylic acids is 1.